The second-order valence-corrected chi connectivity index (χ2v) is 22.7. The summed E-state index contributed by atoms with van der Waals surface area (Å²) in [6.45, 7) is 24.1. The second-order valence-electron chi connectivity index (χ2n) is 20.4. The van der Waals surface area contributed by atoms with E-state index in [1.807, 2.05) is 0 Å². The van der Waals surface area contributed by atoms with Gasteiger partial charge in [0.15, 0.2) is 9.84 Å². The number of fused-ring (bicyclic) bond motifs is 7. The first-order valence-electron chi connectivity index (χ1n) is 20.9. The average molecular weight is 721 g/mol. The van der Waals surface area contributed by atoms with Gasteiger partial charge in [-0.1, -0.05) is 58.9 Å². The van der Waals surface area contributed by atoms with E-state index in [0.717, 1.165) is 44.7 Å². The van der Waals surface area contributed by atoms with Gasteiger partial charge in [-0.3, -0.25) is 4.79 Å². The highest BCUT2D eigenvalue weighted by Gasteiger charge is 2.70. The normalized spacial score (nSPS) is 47.3. The maximum atomic E-state index is 12.6. The number of esters is 1. The Morgan fingerprint density at radius 3 is 2.33 bits per heavy atom. The summed E-state index contributed by atoms with van der Waals surface area (Å²) in [5.74, 6) is 3.97. The molecule has 0 bridgehead atoms. The molecular formula is C44H68N2O4S. The Morgan fingerprint density at radius 2 is 1.67 bits per heavy atom. The minimum Gasteiger partial charge on any atom is -0.465 e. The molecule has 4 saturated carbocycles. The molecule has 1 spiro atoms. The molecule has 1 N–H and O–H groups in total. The first kappa shape index (κ1) is 36.5. The Balaban J connectivity index is 1.04. The molecule has 8 rings (SSSR count). The third-order valence-electron chi connectivity index (χ3n) is 18.2. The molecule has 4 unspecified atom stereocenters. The first-order chi connectivity index (χ1) is 24.0. The molecule has 6 nitrogen and oxygen atoms in total. The maximum absolute atomic E-state index is 12.6. The molecule has 10 atom stereocenters. The lowest BCUT2D eigenvalue weighted by atomic mass is 9.33. The molecule has 6 aliphatic carbocycles. The first-order valence-corrected chi connectivity index (χ1v) is 22.7. The molecule has 2 heterocycles. The summed E-state index contributed by atoms with van der Waals surface area (Å²) in [5.41, 5.74) is 5.44. The molecular weight excluding hydrogens is 653 g/mol. The van der Waals surface area contributed by atoms with E-state index in [2.05, 4.69) is 70.5 Å². The molecule has 0 radical (unpaired) electrons. The zero-order chi connectivity index (χ0) is 36.2. The lowest BCUT2D eigenvalue weighted by molar-refractivity contribution is -0.221. The molecule has 2 aliphatic heterocycles. The molecule has 8 aliphatic rings. The summed E-state index contributed by atoms with van der Waals surface area (Å²) in [6, 6.07) is 0. The quantitative estimate of drug-likeness (QED) is 0.220. The summed E-state index contributed by atoms with van der Waals surface area (Å²) in [4.78, 5) is 15.0. The van der Waals surface area contributed by atoms with E-state index in [1.165, 1.54) is 68.9 Å². The minimum absolute atomic E-state index is 0.0396. The summed E-state index contributed by atoms with van der Waals surface area (Å²) in [5, 5.41) is 4.23. The zero-order valence-electron chi connectivity index (χ0n) is 32.9. The van der Waals surface area contributed by atoms with Crippen molar-refractivity contribution in [1.82, 2.24) is 10.2 Å². The highest BCUT2D eigenvalue weighted by atomic mass is 32.2. The van der Waals surface area contributed by atoms with Crippen LogP contribution >= 0.6 is 0 Å². The number of sulfone groups is 1. The Bertz CT molecular complexity index is 1620. The monoisotopic (exact) mass is 720 g/mol. The van der Waals surface area contributed by atoms with Gasteiger partial charge in [-0.15, -0.1) is 0 Å². The molecule has 51 heavy (non-hydrogen) atoms. The number of cyclic esters (lactones) is 1. The fourth-order valence-corrected chi connectivity index (χ4v) is 16.5. The van der Waals surface area contributed by atoms with Crippen molar-refractivity contribution in [2.75, 3.05) is 44.3 Å². The molecule has 2 saturated heterocycles. The van der Waals surface area contributed by atoms with Crippen LogP contribution in [0.1, 0.15) is 125 Å². The van der Waals surface area contributed by atoms with Gasteiger partial charge in [0.1, 0.15) is 0 Å². The van der Waals surface area contributed by atoms with Crippen LogP contribution in [0.5, 0.6) is 0 Å². The van der Waals surface area contributed by atoms with E-state index in [1.54, 1.807) is 5.57 Å². The van der Waals surface area contributed by atoms with E-state index in [0.29, 0.717) is 65.7 Å². The Morgan fingerprint density at radius 1 is 0.902 bits per heavy atom. The summed E-state index contributed by atoms with van der Waals surface area (Å²) >= 11 is 0. The van der Waals surface area contributed by atoms with E-state index < -0.39 is 9.84 Å². The average Bonchev–Trinajstić information content (AvgIpc) is 3.63. The van der Waals surface area contributed by atoms with Gasteiger partial charge in [0.25, 0.3) is 0 Å². The van der Waals surface area contributed by atoms with E-state index in [9.17, 15) is 13.2 Å². The number of rotatable bonds is 6. The Kier molecular flexibility index (Phi) is 8.80. The molecule has 0 aromatic rings. The van der Waals surface area contributed by atoms with Gasteiger partial charge in [0, 0.05) is 31.7 Å². The second kappa shape index (κ2) is 12.3. The third-order valence-corrected chi connectivity index (χ3v) is 19.8. The van der Waals surface area contributed by atoms with Crippen LogP contribution in [0.15, 0.2) is 35.5 Å². The SMILES string of the molecule is C=C(C)[C@@H]1CC[C@]2(NCCN3CCS(=O)(=O)CC3)CC[C@]3(C)[C@H](CCC4[C@@]5(C)CC=C(C6=CCC7(CCOC7=O)CC6)C(C)(C)C5CC[C@]43C)C12. The molecule has 0 amide bonds. The van der Waals surface area contributed by atoms with Crippen molar-refractivity contribution >= 4 is 15.8 Å². The lowest BCUT2D eigenvalue weighted by Crippen LogP contribution is -2.68. The van der Waals surface area contributed by atoms with Crippen molar-refractivity contribution < 1.29 is 17.9 Å². The van der Waals surface area contributed by atoms with Crippen LogP contribution in [0.25, 0.3) is 0 Å². The van der Waals surface area contributed by atoms with Crippen LogP contribution in [0.3, 0.4) is 0 Å². The maximum Gasteiger partial charge on any atom is 0.312 e. The fraction of sp³-hybridized carbons (Fsp3) is 0.841. The standard InChI is InChI=1S/C44H68N2O4S/c1-30(2)32-12-19-44(45-23-24-46-25-28-51(48,49)29-26-46)21-20-41(6)34(37(32)44)8-9-36-40(5)15-13-33(39(3,4)35(40)14-16-42(36,41)7)31-10-17-43(18-11-31)22-27-50-38(43)47/h10,13,32,34-37,45H,1,8-9,11-12,14-29H2,2-7H3/t32-,34+,35?,36?,37?,40-,41+,42+,43?,44-/m0/s1. The van der Waals surface area contributed by atoms with Crippen LogP contribution in [0.2, 0.25) is 0 Å². The van der Waals surface area contributed by atoms with E-state index in [-0.39, 0.29) is 27.8 Å². The van der Waals surface area contributed by atoms with Gasteiger partial charge in [-0.25, -0.2) is 8.42 Å². The van der Waals surface area contributed by atoms with Gasteiger partial charge < -0.3 is 15.0 Å². The Labute approximate surface area is 310 Å². The van der Waals surface area contributed by atoms with Crippen LogP contribution in [0.4, 0.5) is 0 Å². The Hall–Kier alpha value is -1.44. The van der Waals surface area contributed by atoms with Crippen LogP contribution < -0.4 is 5.32 Å². The smallest absolute Gasteiger partial charge is 0.312 e. The number of nitrogens with one attached hydrogen (secondary N) is 1. The van der Waals surface area contributed by atoms with Crippen LogP contribution in [-0.2, 0) is 19.4 Å². The predicted octanol–water partition coefficient (Wildman–Crippen LogP) is 8.30. The molecule has 0 aromatic carbocycles. The van der Waals surface area contributed by atoms with Crippen molar-refractivity contribution in [3.63, 3.8) is 0 Å². The fourth-order valence-electron chi connectivity index (χ4n) is 15.2. The van der Waals surface area contributed by atoms with Gasteiger partial charge in [-0.2, -0.15) is 0 Å². The minimum atomic E-state index is -2.85. The zero-order valence-corrected chi connectivity index (χ0v) is 33.7. The highest BCUT2D eigenvalue weighted by molar-refractivity contribution is 7.91. The van der Waals surface area contributed by atoms with Crippen molar-refractivity contribution in [1.29, 1.82) is 0 Å². The molecule has 0 aromatic heterocycles. The number of carbonyl (C=O) groups is 1. The molecule has 284 valence electrons. The van der Waals surface area contributed by atoms with Gasteiger partial charge in [0.2, 0.25) is 0 Å². The number of ether oxygens (including phenoxy) is 1. The van der Waals surface area contributed by atoms with Crippen LogP contribution in [-0.4, -0.2) is 69.1 Å². The molecule has 6 fully saturated rings. The number of nitrogens with zero attached hydrogens (tertiary/aromatic N) is 1. The van der Waals surface area contributed by atoms with Crippen molar-refractivity contribution in [2.24, 2.45) is 56.7 Å². The van der Waals surface area contributed by atoms with Gasteiger partial charge >= 0.3 is 5.97 Å². The van der Waals surface area contributed by atoms with E-state index in [4.69, 9.17) is 4.74 Å². The number of hydrogen-bond acceptors (Lipinski definition) is 6. The number of carbonyl (C=O) groups excluding carboxylic acids is 1. The van der Waals surface area contributed by atoms with Gasteiger partial charge in [-0.05, 0) is 153 Å². The van der Waals surface area contributed by atoms with Crippen molar-refractivity contribution in [2.45, 2.75) is 131 Å². The summed E-state index contributed by atoms with van der Waals surface area (Å²) in [6.07, 6.45) is 20.4. The van der Waals surface area contributed by atoms with Crippen molar-refractivity contribution in [3.05, 3.63) is 35.5 Å². The third kappa shape index (κ3) is 5.40. The number of allylic oxidation sites excluding steroid dienone is 5. The largest absolute Gasteiger partial charge is 0.465 e. The van der Waals surface area contributed by atoms with Crippen molar-refractivity contribution in [3.8, 4) is 0 Å². The molecule has 7 heteroatoms. The van der Waals surface area contributed by atoms with Gasteiger partial charge in [0.05, 0.1) is 23.5 Å². The number of hydrogen-bond donors (Lipinski definition) is 1. The highest BCUT2D eigenvalue weighted by Crippen LogP contribution is 2.76. The summed E-state index contributed by atoms with van der Waals surface area (Å²) in [7, 11) is -2.85. The van der Waals surface area contributed by atoms with Crippen LogP contribution in [0, 0.1) is 56.7 Å². The predicted molar refractivity (Wildman–Crippen MR) is 206 cm³/mol. The van der Waals surface area contributed by atoms with E-state index >= 15 is 0 Å². The lowest BCUT2D eigenvalue weighted by Gasteiger charge is -2.72. The summed E-state index contributed by atoms with van der Waals surface area (Å²) < 4.78 is 29.5. The topological polar surface area (TPSA) is 75.7 Å².